The van der Waals surface area contributed by atoms with Gasteiger partial charge in [-0.2, -0.15) is 0 Å². The third-order valence-corrected chi connectivity index (χ3v) is 2.77. The third-order valence-electron chi connectivity index (χ3n) is 2.77. The number of aromatic nitrogens is 4. The molecule has 19 heavy (non-hydrogen) atoms. The van der Waals surface area contributed by atoms with Crippen molar-refractivity contribution in [1.82, 2.24) is 25.2 Å². The van der Waals surface area contributed by atoms with Crippen molar-refractivity contribution in [2.75, 3.05) is 0 Å². The summed E-state index contributed by atoms with van der Waals surface area (Å²) in [6, 6.07) is 1.42. The summed E-state index contributed by atoms with van der Waals surface area (Å²) in [4.78, 5) is 12.0. The molecule has 2 heterocycles. The van der Waals surface area contributed by atoms with Gasteiger partial charge in [0.1, 0.15) is 12.1 Å². The summed E-state index contributed by atoms with van der Waals surface area (Å²) in [5, 5.41) is 14.3. The Balaban J connectivity index is 2.02. The topological polar surface area (TPSA) is 85.8 Å². The first-order valence-electron chi connectivity index (χ1n) is 6.22. The zero-order valence-corrected chi connectivity index (χ0v) is 11.3. The largest absolute Gasteiger partial charge is 0.361 e. The maximum absolute atomic E-state index is 12.0. The smallest absolute Gasteiger partial charge is 0.274 e. The first kappa shape index (κ1) is 13.3. The number of hydrogen-bond donors (Lipinski definition) is 1. The highest BCUT2D eigenvalue weighted by Gasteiger charge is 2.18. The SMILES string of the molecule is CCCc1cc(C(=O)NC(C)c2nncn2C)no1. The van der Waals surface area contributed by atoms with Crippen molar-refractivity contribution in [2.45, 2.75) is 32.7 Å². The lowest BCUT2D eigenvalue weighted by atomic mass is 10.2. The molecule has 2 aromatic rings. The minimum atomic E-state index is -0.276. The summed E-state index contributed by atoms with van der Waals surface area (Å²) >= 11 is 0. The van der Waals surface area contributed by atoms with Crippen LogP contribution >= 0.6 is 0 Å². The molecule has 102 valence electrons. The number of carbonyl (C=O) groups excluding carboxylic acids is 1. The van der Waals surface area contributed by atoms with Crippen molar-refractivity contribution in [3.63, 3.8) is 0 Å². The van der Waals surface area contributed by atoms with Gasteiger partial charge in [0.05, 0.1) is 6.04 Å². The fraction of sp³-hybridized carbons (Fsp3) is 0.500. The van der Waals surface area contributed by atoms with E-state index in [-0.39, 0.29) is 17.6 Å². The summed E-state index contributed by atoms with van der Waals surface area (Å²) < 4.78 is 6.84. The monoisotopic (exact) mass is 263 g/mol. The molecule has 0 aromatic carbocycles. The molecule has 7 heteroatoms. The van der Waals surface area contributed by atoms with Crippen LogP contribution in [0.5, 0.6) is 0 Å². The number of aryl methyl sites for hydroxylation is 2. The number of carbonyl (C=O) groups is 1. The fourth-order valence-corrected chi connectivity index (χ4v) is 1.80. The van der Waals surface area contributed by atoms with Crippen LogP contribution in [-0.4, -0.2) is 25.8 Å². The number of rotatable bonds is 5. The number of hydrogen-bond acceptors (Lipinski definition) is 5. The number of amides is 1. The van der Waals surface area contributed by atoms with Gasteiger partial charge in [0.25, 0.3) is 5.91 Å². The molecule has 1 N–H and O–H groups in total. The van der Waals surface area contributed by atoms with Crippen LogP contribution in [0.25, 0.3) is 0 Å². The van der Waals surface area contributed by atoms with Crippen LogP contribution in [0.2, 0.25) is 0 Å². The molecule has 0 saturated carbocycles. The zero-order chi connectivity index (χ0) is 13.8. The van der Waals surface area contributed by atoms with Crippen LogP contribution in [0.3, 0.4) is 0 Å². The van der Waals surface area contributed by atoms with E-state index < -0.39 is 0 Å². The lowest BCUT2D eigenvalue weighted by molar-refractivity contribution is 0.0928. The average Bonchev–Trinajstić information content (AvgIpc) is 2.98. The minimum absolute atomic E-state index is 0.244. The van der Waals surface area contributed by atoms with Gasteiger partial charge in [-0.05, 0) is 13.3 Å². The van der Waals surface area contributed by atoms with E-state index in [2.05, 4.69) is 20.7 Å². The molecule has 0 fully saturated rings. The highest BCUT2D eigenvalue weighted by molar-refractivity contribution is 5.92. The molecular weight excluding hydrogens is 246 g/mol. The van der Waals surface area contributed by atoms with Crippen LogP contribution in [0, 0.1) is 0 Å². The predicted octanol–water partition coefficient (Wildman–Crippen LogP) is 1.25. The molecule has 2 aromatic heterocycles. The van der Waals surface area contributed by atoms with Crippen molar-refractivity contribution in [3.8, 4) is 0 Å². The maximum Gasteiger partial charge on any atom is 0.274 e. The van der Waals surface area contributed by atoms with Crippen molar-refractivity contribution in [2.24, 2.45) is 7.05 Å². The zero-order valence-electron chi connectivity index (χ0n) is 11.3. The van der Waals surface area contributed by atoms with Crippen LogP contribution in [0.4, 0.5) is 0 Å². The Hall–Kier alpha value is -2.18. The Morgan fingerprint density at radius 3 is 3.00 bits per heavy atom. The van der Waals surface area contributed by atoms with Crippen LogP contribution in [-0.2, 0) is 13.5 Å². The molecule has 2 rings (SSSR count). The number of nitrogens with one attached hydrogen (secondary N) is 1. The van der Waals surface area contributed by atoms with E-state index in [0.717, 1.165) is 18.6 Å². The van der Waals surface area contributed by atoms with E-state index in [1.165, 1.54) is 0 Å². The number of nitrogens with zero attached hydrogens (tertiary/aromatic N) is 4. The second-order valence-electron chi connectivity index (χ2n) is 4.42. The maximum atomic E-state index is 12.0. The molecule has 7 nitrogen and oxygen atoms in total. The van der Waals surface area contributed by atoms with E-state index in [0.29, 0.717) is 5.82 Å². The first-order valence-corrected chi connectivity index (χ1v) is 6.22. The van der Waals surface area contributed by atoms with Crippen LogP contribution < -0.4 is 5.32 Å². The summed E-state index contributed by atoms with van der Waals surface area (Å²) in [5.41, 5.74) is 0.289. The van der Waals surface area contributed by atoms with Gasteiger partial charge in [0, 0.05) is 19.5 Å². The van der Waals surface area contributed by atoms with Gasteiger partial charge in [0.2, 0.25) is 0 Å². The van der Waals surface area contributed by atoms with Crippen LogP contribution in [0.15, 0.2) is 16.9 Å². The summed E-state index contributed by atoms with van der Waals surface area (Å²) in [6.45, 7) is 3.88. The Bertz CT molecular complexity index is 560. The molecular formula is C12H17N5O2. The Morgan fingerprint density at radius 1 is 1.58 bits per heavy atom. The lowest BCUT2D eigenvalue weighted by Crippen LogP contribution is -2.28. The molecule has 0 bridgehead atoms. The van der Waals surface area contributed by atoms with E-state index in [4.69, 9.17) is 4.52 Å². The molecule has 0 radical (unpaired) electrons. The Labute approximate surface area is 111 Å². The second-order valence-corrected chi connectivity index (χ2v) is 4.42. The molecule has 0 aliphatic rings. The minimum Gasteiger partial charge on any atom is -0.361 e. The van der Waals surface area contributed by atoms with Gasteiger partial charge in [-0.15, -0.1) is 10.2 Å². The summed E-state index contributed by atoms with van der Waals surface area (Å²) in [5.74, 6) is 1.13. The van der Waals surface area contributed by atoms with Gasteiger partial charge in [-0.3, -0.25) is 4.79 Å². The van der Waals surface area contributed by atoms with Crippen molar-refractivity contribution in [1.29, 1.82) is 0 Å². The summed E-state index contributed by atoms with van der Waals surface area (Å²) in [6.07, 6.45) is 3.32. The van der Waals surface area contributed by atoms with Gasteiger partial charge in [0.15, 0.2) is 11.5 Å². The van der Waals surface area contributed by atoms with Crippen molar-refractivity contribution in [3.05, 3.63) is 29.7 Å². The van der Waals surface area contributed by atoms with Gasteiger partial charge >= 0.3 is 0 Å². The Morgan fingerprint density at radius 2 is 2.37 bits per heavy atom. The average molecular weight is 263 g/mol. The standard InChI is InChI=1S/C12H17N5O2/c1-4-5-9-6-10(16-19-9)12(18)14-8(2)11-15-13-7-17(11)3/h6-8H,4-5H2,1-3H3,(H,14,18). The van der Waals surface area contributed by atoms with Crippen molar-refractivity contribution < 1.29 is 9.32 Å². The normalized spacial score (nSPS) is 12.4. The molecule has 0 spiro atoms. The van der Waals surface area contributed by atoms with Crippen LogP contribution in [0.1, 0.15) is 48.4 Å². The predicted molar refractivity (Wildman–Crippen MR) is 67.4 cm³/mol. The van der Waals surface area contributed by atoms with Crippen molar-refractivity contribution >= 4 is 5.91 Å². The Kier molecular flexibility index (Phi) is 3.94. The molecule has 0 saturated heterocycles. The summed E-state index contributed by atoms with van der Waals surface area (Å²) in [7, 11) is 1.83. The van der Waals surface area contributed by atoms with Gasteiger partial charge in [-0.1, -0.05) is 12.1 Å². The quantitative estimate of drug-likeness (QED) is 0.877. The highest BCUT2D eigenvalue weighted by Crippen LogP contribution is 2.10. The molecule has 0 aliphatic carbocycles. The van der Waals surface area contributed by atoms with E-state index in [1.54, 1.807) is 17.0 Å². The second kappa shape index (κ2) is 5.64. The first-order chi connectivity index (χ1) is 9.11. The lowest BCUT2D eigenvalue weighted by Gasteiger charge is -2.11. The molecule has 1 atom stereocenters. The molecule has 0 aliphatic heterocycles. The van der Waals surface area contributed by atoms with Gasteiger partial charge in [-0.25, -0.2) is 0 Å². The highest BCUT2D eigenvalue weighted by atomic mass is 16.5. The van der Waals surface area contributed by atoms with E-state index >= 15 is 0 Å². The fourth-order valence-electron chi connectivity index (χ4n) is 1.80. The molecule has 1 unspecified atom stereocenters. The van der Waals surface area contributed by atoms with Gasteiger partial charge < -0.3 is 14.4 Å². The van der Waals surface area contributed by atoms with E-state index in [1.807, 2.05) is 20.9 Å². The third kappa shape index (κ3) is 2.98. The molecule has 1 amide bonds. The van der Waals surface area contributed by atoms with E-state index in [9.17, 15) is 4.79 Å².